The third-order valence-corrected chi connectivity index (χ3v) is 4.07. The van der Waals surface area contributed by atoms with Gasteiger partial charge in [-0.05, 0) is 50.5 Å². The van der Waals surface area contributed by atoms with E-state index in [1.54, 1.807) is 0 Å². The number of aryl methyl sites for hydroxylation is 3. The van der Waals surface area contributed by atoms with E-state index in [2.05, 4.69) is 39.0 Å². The van der Waals surface area contributed by atoms with E-state index in [1.165, 1.54) is 5.56 Å². The topological polar surface area (TPSA) is 22.4 Å². The predicted octanol–water partition coefficient (Wildman–Crippen LogP) is 5.25. The monoisotopic (exact) mass is 280 g/mol. The zero-order valence-electron chi connectivity index (χ0n) is 13.0. The first-order valence-electron chi connectivity index (χ1n) is 7.24. The molecule has 0 saturated carbocycles. The fourth-order valence-corrected chi connectivity index (χ4v) is 2.76. The number of ether oxygens (including phenoxy) is 1. The lowest BCUT2D eigenvalue weighted by Gasteiger charge is -2.15. The smallest absolute Gasteiger partial charge is 0.137 e. The summed E-state index contributed by atoms with van der Waals surface area (Å²) in [5.74, 6) is 1.92. The van der Waals surface area contributed by atoms with Gasteiger partial charge in [0.15, 0.2) is 0 Å². The lowest BCUT2D eigenvalue weighted by atomic mass is 10.0. The van der Waals surface area contributed by atoms with Crippen molar-refractivity contribution in [1.82, 2.24) is 0 Å². The van der Waals surface area contributed by atoms with Crippen LogP contribution in [0.3, 0.4) is 0 Å². The molecule has 2 heteroatoms. The largest absolute Gasteiger partial charge is 0.488 e. The molecule has 0 amide bonds. The summed E-state index contributed by atoms with van der Waals surface area (Å²) in [7, 11) is 0. The summed E-state index contributed by atoms with van der Waals surface area (Å²) in [4.78, 5) is 0. The second-order valence-corrected chi connectivity index (χ2v) is 5.58. The number of hydrogen-bond acceptors (Lipinski definition) is 2. The maximum Gasteiger partial charge on any atom is 0.137 e. The molecule has 0 aliphatic rings. The molecule has 0 bridgehead atoms. The van der Waals surface area contributed by atoms with Gasteiger partial charge in [-0.3, -0.25) is 0 Å². The van der Waals surface area contributed by atoms with Gasteiger partial charge < -0.3 is 9.15 Å². The molecule has 1 aromatic heterocycles. The van der Waals surface area contributed by atoms with Gasteiger partial charge in [0.2, 0.25) is 0 Å². The van der Waals surface area contributed by atoms with Crippen molar-refractivity contribution in [3.8, 4) is 5.75 Å². The second-order valence-electron chi connectivity index (χ2n) is 5.58. The molecule has 0 atom stereocenters. The average molecular weight is 280 g/mol. The summed E-state index contributed by atoms with van der Waals surface area (Å²) in [6, 6.07) is 12.3. The Labute approximate surface area is 125 Å². The van der Waals surface area contributed by atoms with Crippen molar-refractivity contribution in [2.75, 3.05) is 0 Å². The minimum Gasteiger partial charge on any atom is -0.488 e. The van der Waals surface area contributed by atoms with E-state index in [0.717, 1.165) is 39.2 Å². The Balaban J connectivity index is 2.02. The maximum atomic E-state index is 6.11. The van der Waals surface area contributed by atoms with E-state index >= 15 is 0 Å². The average Bonchev–Trinajstić information content (AvgIpc) is 2.88. The van der Waals surface area contributed by atoms with Gasteiger partial charge in [0.1, 0.15) is 23.7 Å². The quantitative estimate of drug-likeness (QED) is 0.654. The van der Waals surface area contributed by atoms with Crippen molar-refractivity contribution < 1.29 is 9.15 Å². The van der Waals surface area contributed by atoms with Crippen molar-refractivity contribution in [3.63, 3.8) is 0 Å². The first-order valence-corrected chi connectivity index (χ1v) is 7.24. The van der Waals surface area contributed by atoms with E-state index in [4.69, 9.17) is 9.15 Å². The fraction of sp³-hybridized carbons (Fsp3) is 0.263. The van der Waals surface area contributed by atoms with Crippen molar-refractivity contribution in [2.45, 2.75) is 34.3 Å². The molecule has 21 heavy (non-hydrogen) atoms. The Morgan fingerprint density at radius 3 is 2.33 bits per heavy atom. The van der Waals surface area contributed by atoms with Gasteiger partial charge in [0.05, 0.1) is 0 Å². The van der Waals surface area contributed by atoms with Gasteiger partial charge >= 0.3 is 0 Å². The Morgan fingerprint density at radius 1 is 0.905 bits per heavy atom. The summed E-state index contributed by atoms with van der Waals surface area (Å²) in [5.41, 5.74) is 5.63. The Bertz CT molecular complexity index is 782. The fourth-order valence-electron chi connectivity index (χ4n) is 2.76. The van der Waals surface area contributed by atoms with Crippen LogP contribution in [0.15, 0.2) is 40.8 Å². The molecule has 3 aromatic rings. The number of benzene rings is 2. The molecule has 0 unspecified atom stereocenters. The van der Waals surface area contributed by atoms with E-state index in [9.17, 15) is 0 Å². The summed E-state index contributed by atoms with van der Waals surface area (Å²) in [5, 5.41) is 1.15. The zero-order valence-corrected chi connectivity index (χ0v) is 13.0. The molecular weight excluding hydrogens is 260 g/mol. The summed E-state index contributed by atoms with van der Waals surface area (Å²) < 4.78 is 11.9. The van der Waals surface area contributed by atoms with E-state index in [-0.39, 0.29) is 0 Å². The van der Waals surface area contributed by atoms with Crippen LogP contribution in [0.2, 0.25) is 0 Å². The van der Waals surface area contributed by atoms with Crippen molar-refractivity contribution in [3.05, 3.63) is 64.4 Å². The molecule has 0 fully saturated rings. The normalized spacial score (nSPS) is 11.0. The molecule has 1 heterocycles. The highest BCUT2D eigenvalue weighted by Crippen LogP contribution is 2.36. The van der Waals surface area contributed by atoms with Gasteiger partial charge in [-0.25, -0.2) is 0 Å². The van der Waals surface area contributed by atoms with Crippen LogP contribution in [-0.2, 0) is 6.61 Å². The van der Waals surface area contributed by atoms with Gasteiger partial charge in [0, 0.05) is 10.9 Å². The van der Waals surface area contributed by atoms with Crippen LogP contribution in [0.4, 0.5) is 0 Å². The highest BCUT2D eigenvalue weighted by atomic mass is 16.5. The molecule has 0 spiro atoms. The number of rotatable bonds is 3. The Kier molecular flexibility index (Phi) is 3.46. The van der Waals surface area contributed by atoms with Crippen LogP contribution in [0, 0.1) is 27.7 Å². The van der Waals surface area contributed by atoms with Crippen molar-refractivity contribution >= 4 is 11.0 Å². The molecule has 0 saturated heterocycles. The molecule has 108 valence electrons. The Hall–Kier alpha value is -2.22. The molecule has 2 aromatic carbocycles. The van der Waals surface area contributed by atoms with Crippen LogP contribution < -0.4 is 4.74 Å². The van der Waals surface area contributed by atoms with Gasteiger partial charge in [-0.2, -0.15) is 0 Å². The zero-order chi connectivity index (χ0) is 15.0. The van der Waals surface area contributed by atoms with E-state index < -0.39 is 0 Å². The van der Waals surface area contributed by atoms with Crippen molar-refractivity contribution in [2.24, 2.45) is 0 Å². The van der Waals surface area contributed by atoms with Crippen LogP contribution in [0.25, 0.3) is 11.0 Å². The highest BCUT2D eigenvalue weighted by molar-refractivity contribution is 5.88. The molecule has 0 aliphatic carbocycles. The summed E-state index contributed by atoms with van der Waals surface area (Å²) in [6.07, 6.45) is 0. The van der Waals surface area contributed by atoms with Crippen LogP contribution in [0.5, 0.6) is 5.75 Å². The second kappa shape index (κ2) is 5.28. The lowest BCUT2D eigenvalue weighted by molar-refractivity contribution is 0.302. The van der Waals surface area contributed by atoms with Gasteiger partial charge in [0.25, 0.3) is 0 Å². The molecule has 0 aliphatic heterocycles. The van der Waals surface area contributed by atoms with Gasteiger partial charge in [-0.1, -0.05) is 30.3 Å². The SMILES string of the molecule is Cc1cc2c(C)c(OCc3ccccc3)c(C)c(C)c2o1. The van der Waals surface area contributed by atoms with Gasteiger partial charge in [-0.15, -0.1) is 0 Å². The highest BCUT2D eigenvalue weighted by Gasteiger charge is 2.16. The number of hydrogen-bond donors (Lipinski definition) is 0. The van der Waals surface area contributed by atoms with Crippen LogP contribution >= 0.6 is 0 Å². The van der Waals surface area contributed by atoms with E-state index in [1.807, 2.05) is 25.1 Å². The van der Waals surface area contributed by atoms with E-state index in [0.29, 0.717) is 6.61 Å². The summed E-state index contributed by atoms with van der Waals surface area (Å²) >= 11 is 0. The third kappa shape index (κ3) is 2.42. The molecule has 2 nitrogen and oxygen atoms in total. The lowest BCUT2D eigenvalue weighted by Crippen LogP contribution is -2.00. The molecule has 0 radical (unpaired) electrons. The predicted molar refractivity (Wildman–Crippen MR) is 85.9 cm³/mol. The molecule has 3 rings (SSSR count). The van der Waals surface area contributed by atoms with Crippen LogP contribution in [0.1, 0.15) is 28.0 Å². The first kappa shape index (κ1) is 13.7. The Morgan fingerprint density at radius 2 is 1.62 bits per heavy atom. The summed E-state index contributed by atoms with van der Waals surface area (Å²) in [6.45, 7) is 8.86. The third-order valence-electron chi connectivity index (χ3n) is 4.07. The standard InChI is InChI=1S/C19H20O2/c1-12-10-17-15(4)18(13(2)14(3)19(17)21-12)20-11-16-8-6-5-7-9-16/h5-10H,11H2,1-4H3. The number of furan rings is 1. The number of fused-ring (bicyclic) bond motifs is 1. The first-order chi connectivity index (χ1) is 10.1. The maximum absolute atomic E-state index is 6.11. The molecule has 0 N–H and O–H groups in total. The van der Waals surface area contributed by atoms with Crippen LogP contribution in [-0.4, -0.2) is 0 Å². The minimum atomic E-state index is 0.588. The minimum absolute atomic E-state index is 0.588. The van der Waals surface area contributed by atoms with Crippen molar-refractivity contribution in [1.29, 1.82) is 0 Å². The molecular formula is C19H20O2.